The second-order valence-corrected chi connectivity index (χ2v) is 8.82. The molecule has 2 heterocycles. The zero-order valence-corrected chi connectivity index (χ0v) is 20.1. The highest BCUT2D eigenvalue weighted by Crippen LogP contribution is 2.41. The number of nitrogens with zero attached hydrogens (tertiary/aromatic N) is 1. The van der Waals surface area contributed by atoms with Crippen molar-refractivity contribution in [2.75, 3.05) is 40.7 Å². The van der Waals surface area contributed by atoms with Crippen LogP contribution in [0.15, 0.2) is 60.7 Å². The molecule has 184 valence electrons. The van der Waals surface area contributed by atoms with E-state index in [1.165, 1.54) is 16.7 Å². The number of ether oxygens (including phenoxy) is 5. The summed E-state index contributed by atoms with van der Waals surface area (Å²) in [4.78, 5) is 2.32. The van der Waals surface area contributed by atoms with Gasteiger partial charge in [0.25, 0.3) is 0 Å². The average Bonchev–Trinajstić information content (AvgIpc) is 3.36. The third-order valence-corrected chi connectivity index (χ3v) is 6.55. The van der Waals surface area contributed by atoms with Gasteiger partial charge in [0.05, 0.1) is 39.6 Å². The van der Waals surface area contributed by atoms with Gasteiger partial charge in [0.1, 0.15) is 0 Å². The predicted molar refractivity (Wildman–Crippen MR) is 131 cm³/mol. The van der Waals surface area contributed by atoms with Gasteiger partial charge in [-0.05, 0) is 52.9 Å². The number of fused-ring (bicyclic) bond motifs is 2. The quantitative estimate of drug-likeness (QED) is 0.500. The van der Waals surface area contributed by atoms with Gasteiger partial charge in [-0.2, -0.15) is 0 Å². The maximum Gasteiger partial charge on any atom is 0.231 e. The summed E-state index contributed by atoms with van der Waals surface area (Å²) in [6, 6.07) is 20.3. The number of benzene rings is 3. The van der Waals surface area contributed by atoms with Gasteiger partial charge in [-0.25, -0.2) is 0 Å². The summed E-state index contributed by atoms with van der Waals surface area (Å²) < 4.78 is 27.8. The van der Waals surface area contributed by atoms with Crippen LogP contribution in [0.25, 0.3) is 0 Å². The first-order chi connectivity index (χ1) is 17.2. The van der Waals surface area contributed by atoms with E-state index in [9.17, 15) is 5.11 Å². The number of β-amino-alcohol motifs (C(OH)–C–C–N with tert-alkyl or cyclic N) is 1. The number of rotatable bonds is 9. The van der Waals surface area contributed by atoms with Crippen LogP contribution in [0, 0.1) is 0 Å². The van der Waals surface area contributed by atoms with Crippen LogP contribution in [0.3, 0.4) is 0 Å². The molecule has 35 heavy (non-hydrogen) atoms. The lowest BCUT2D eigenvalue weighted by molar-refractivity contribution is 0.00374. The van der Waals surface area contributed by atoms with Crippen molar-refractivity contribution < 1.29 is 28.8 Å². The van der Waals surface area contributed by atoms with E-state index >= 15 is 0 Å². The van der Waals surface area contributed by atoms with E-state index in [4.69, 9.17) is 23.7 Å². The molecule has 0 spiro atoms. The van der Waals surface area contributed by atoms with Gasteiger partial charge in [-0.3, -0.25) is 4.90 Å². The van der Waals surface area contributed by atoms with Gasteiger partial charge in [0.2, 0.25) is 6.79 Å². The Hall–Kier alpha value is -3.26. The van der Waals surface area contributed by atoms with Crippen molar-refractivity contribution in [3.05, 3.63) is 82.9 Å². The maximum absolute atomic E-state index is 10.9. The highest BCUT2D eigenvalue weighted by atomic mass is 16.7. The Morgan fingerprint density at radius 1 is 0.971 bits per heavy atom. The molecule has 2 unspecified atom stereocenters. The molecule has 0 aromatic heterocycles. The third-order valence-electron chi connectivity index (χ3n) is 6.55. The average molecular weight is 478 g/mol. The van der Waals surface area contributed by atoms with Crippen molar-refractivity contribution in [1.29, 1.82) is 0 Å². The summed E-state index contributed by atoms with van der Waals surface area (Å²) in [5.41, 5.74) is 4.57. The highest BCUT2D eigenvalue weighted by molar-refractivity contribution is 5.51. The Morgan fingerprint density at radius 2 is 1.74 bits per heavy atom. The molecule has 7 heteroatoms. The van der Waals surface area contributed by atoms with Gasteiger partial charge in [0, 0.05) is 13.1 Å². The van der Waals surface area contributed by atoms with Crippen LogP contribution < -0.4 is 18.9 Å². The third kappa shape index (κ3) is 5.07. The minimum absolute atomic E-state index is 0.00302. The molecule has 0 saturated carbocycles. The zero-order valence-electron chi connectivity index (χ0n) is 20.1. The van der Waals surface area contributed by atoms with E-state index in [-0.39, 0.29) is 19.4 Å². The second-order valence-electron chi connectivity index (χ2n) is 8.82. The van der Waals surface area contributed by atoms with E-state index in [0.717, 1.165) is 35.8 Å². The zero-order chi connectivity index (χ0) is 24.2. The molecule has 7 nitrogen and oxygen atoms in total. The number of hydrogen-bond acceptors (Lipinski definition) is 7. The second kappa shape index (κ2) is 10.6. The van der Waals surface area contributed by atoms with E-state index in [0.29, 0.717) is 18.9 Å². The lowest BCUT2D eigenvalue weighted by Gasteiger charge is -2.39. The van der Waals surface area contributed by atoms with Gasteiger partial charge in [0.15, 0.2) is 23.0 Å². The van der Waals surface area contributed by atoms with Crippen LogP contribution in [0.1, 0.15) is 28.3 Å². The summed E-state index contributed by atoms with van der Waals surface area (Å²) in [5, 5.41) is 10.9. The summed E-state index contributed by atoms with van der Waals surface area (Å²) in [6.45, 7) is 2.20. The fourth-order valence-corrected chi connectivity index (χ4v) is 4.89. The van der Waals surface area contributed by atoms with Crippen LogP contribution in [0.4, 0.5) is 0 Å². The first-order valence-electron chi connectivity index (χ1n) is 11.8. The summed E-state index contributed by atoms with van der Waals surface area (Å²) in [6.07, 6.45) is 0.237. The fourth-order valence-electron chi connectivity index (χ4n) is 4.89. The molecule has 0 aliphatic carbocycles. The first-order valence-corrected chi connectivity index (χ1v) is 11.8. The van der Waals surface area contributed by atoms with Crippen molar-refractivity contribution in [3.8, 4) is 23.0 Å². The molecule has 2 aliphatic heterocycles. The number of methoxy groups -OCH3 is 2. The standard InChI is InChI=1S/C28H31NO6/c1-31-25-13-21-10-11-29(28(20-6-4-3-5-7-20)23(21)14-26(25)32-2)15-22(30)17-33-16-19-8-9-24-27(12-19)35-18-34-24/h3-9,12-14,22,28,30H,10-11,15-18H2,1-2H3. The van der Waals surface area contributed by atoms with E-state index in [2.05, 4.69) is 29.2 Å². The van der Waals surface area contributed by atoms with Crippen LogP contribution in [-0.4, -0.2) is 56.8 Å². The van der Waals surface area contributed by atoms with Gasteiger partial charge < -0.3 is 28.8 Å². The minimum Gasteiger partial charge on any atom is -0.493 e. The molecule has 5 rings (SSSR count). The molecular formula is C28H31NO6. The molecule has 0 bridgehead atoms. The van der Waals surface area contributed by atoms with Crippen LogP contribution in [0.2, 0.25) is 0 Å². The highest BCUT2D eigenvalue weighted by Gasteiger charge is 2.31. The first kappa shape index (κ1) is 23.5. The predicted octanol–water partition coefficient (Wildman–Crippen LogP) is 3.96. The Morgan fingerprint density at radius 3 is 2.54 bits per heavy atom. The summed E-state index contributed by atoms with van der Waals surface area (Å²) in [5.74, 6) is 2.93. The topological polar surface area (TPSA) is 69.6 Å². The number of hydrogen-bond donors (Lipinski definition) is 1. The molecule has 0 amide bonds. The van der Waals surface area contributed by atoms with Crippen LogP contribution in [-0.2, 0) is 17.8 Å². The van der Waals surface area contributed by atoms with Crippen molar-refractivity contribution in [3.63, 3.8) is 0 Å². The van der Waals surface area contributed by atoms with E-state index < -0.39 is 6.10 Å². The number of aliphatic hydroxyl groups is 1. The van der Waals surface area contributed by atoms with Crippen molar-refractivity contribution >= 4 is 0 Å². The Balaban J connectivity index is 1.29. The Bertz CT molecular complexity index is 1150. The molecule has 3 aromatic rings. The molecule has 0 fully saturated rings. The SMILES string of the molecule is COc1cc2c(cc1OC)C(c1ccccc1)N(CC(O)COCc1ccc3c(c1)OCO3)CC2. The lowest BCUT2D eigenvalue weighted by Crippen LogP contribution is -2.42. The van der Waals surface area contributed by atoms with Crippen molar-refractivity contribution in [2.45, 2.75) is 25.2 Å². The van der Waals surface area contributed by atoms with Gasteiger partial charge in [-0.1, -0.05) is 36.4 Å². The van der Waals surface area contributed by atoms with E-state index in [1.807, 2.05) is 36.4 Å². The largest absolute Gasteiger partial charge is 0.493 e. The normalized spacial score (nSPS) is 17.6. The van der Waals surface area contributed by atoms with Crippen molar-refractivity contribution in [2.24, 2.45) is 0 Å². The van der Waals surface area contributed by atoms with Gasteiger partial charge >= 0.3 is 0 Å². The lowest BCUT2D eigenvalue weighted by atomic mass is 9.87. The molecule has 2 atom stereocenters. The molecule has 1 N–H and O–H groups in total. The fraction of sp³-hybridized carbons (Fsp3) is 0.357. The Labute approximate surface area is 205 Å². The molecule has 0 radical (unpaired) electrons. The summed E-state index contributed by atoms with van der Waals surface area (Å²) in [7, 11) is 3.32. The van der Waals surface area contributed by atoms with Crippen LogP contribution >= 0.6 is 0 Å². The monoisotopic (exact) mass is 477 g/mol. The molecule has 0 saturated heterocycles. The van der Waals surface area contributed by atoms with Gasteiger partial charge in [-0.15, -0.1) is 0 Å². The minimum atomic E-state index is -0.628. The number of aliphatic hydroxyl groups excluding tert-OH is 1. The molecule has 3 aromatic carbocycles. The van der Waals surface area contributed by atoms with Crippen LogP contribution in [0.5, 0.6) is 23.0 Å². The molecular weight excluding hydrogens is 446 g/mol. The van der Waals surface area contributed by atoms with E-state index in [1.54, 1.807) is 14.2 Å². The molecule has 2 aliphatic rings. The Kier molecular flexibility index (Phi) is 7.08. The maximum atomic E-state index is 10.9. The summed E-state index contributed by atoms with van der Waals surface area (Å²) >= 11 is 0. The van der Waals surface area contributed by atoms with Crippen molar-refractivity contribution in [1.82, 2.24) is 4.90 Å². The smallest absolute Gasteiger partial charge is 0.231 e.